The normalized spacial score (nSPS) is 16.2. The van der Waals surface area contributed by atoms with Gasteiger partial charge in [-0.05, 0) is 32.0 Å². The fourth-order valence-corrected chi connectivity index (χ4v) is 3.45. The molecule has 1 aliphatic heterocycles. The molecule has 0 spiro atoms. The van der Waals surface area contributed by atoms with Crippen molar-refractivity contribution in [2.75, 3.05) is 13.2 Å². The Bertz CT molecular complexity index is 914. The Balaban J connectivity index is 1.48. The molecule has 0 radical (unpaired) electrons. The summed E-state index contributed by atoms with van der Waals surface area (Å²) in [6, 6.07) is 5.71. The molecule has 0 aromatic carbocycles. The van der Waals surface area contributed by atoms with Gasteiger partial charge in [-0.3, -0.25) is 14.5 Å². The number of pyridine rings is 1. The smallest absolute Gasteiger partial charge is 0.259 e. The standard InChI is InChI=1S/C19H21N5O3/c1-13-18(14(2)27-22-13)19(25)23-11-15-5-8-21-24(15)16(12-23)6-9-26-17-4-3-7-20-10-17/h3-5,7-8,10,16H,6,9,11-12H2,1-2H3/t16-/m1/s1. The predicted octanol–water partition coefficient (Wildman–Crippen LogP) is 2.55. The largest absolute Gasteiger partial charge is 0.492 e. The van der Waals surface area contributed by atoms with Gasteiger partial charge in [-0.2, -0.15) is 5.10 Å². The van der Waals surface area contributed by atoms with Crippen molar-refractivity contribution in [3.05, 3.63) is 59.5 Å². The van der Waals surface area contributed by atoms with Crippen molar-refractivity contribution in [1.82, 2.24) is 24.8 Å². The van der Waals surface area contributed by atoms with Crippen LogP contribution in [0.15, 0.2) is 41.3 Å². The molecule has 0 bridgehead atoms. The number of hydrogen-bond acceptors (Lipinski definition) is 6. The molecule has 3 aromatic heterocycles. The lowest BCUT2D eigenvalue weighted by atomic mass is 10.1. The Morgan fingerprint density at radius 1 is 1.33 bits per heavy atom. The number of aryl methyl sites for hydroxylation is 2. The third-order valence-electron chi connectivity index (χ3n) is 4.77. The molecule has 4 heterocycles. The van der Waals surface area contributed by atoms with Gasteiger partial charge in [0.05, 0.1) is 36.8 Å². The number of aromatic nitrogens is 4. The minimum absolute atomic E-state index is 0.0462. The number of fused-ring (bicyclic) bond motifs is 1. The van der Waals surface area contributed by atoms with E-state index in [0.717, 1.165) is 17.9 Å². The van der Waals surface area contributed by atoms with Crippen LogP contribution in [0, 0.1) is 13.8 Å². The fraction of sp³-hybridized carbons (Fsp3) is 0.368. The summed E-state index contributed by atoms with van der Waals surface area (Å²) in [6.45, 7) is 5.15. The van der Waals surface area contributed by atoms with Crippen LogP contribution in [0.2, 0.25) is 0 Å². The number of carbonyl (C=O) groups excluding carboxylic acids is 1. The highest BCUT2D eigenvalue weighted by Gasteiger charge is 2.31. The average molecular weight is 367 g/mol. The van der Waals surface area contributed by atoms with Crippen LogP contribution in [-0.4, -0.2) is 43.9 Å². The first-order chi connectivity index (χ1) is 13.1. The molecular formula is C19H21N5O3. The van der Waals surface area contributed by atoms with Gasteiger partial charge >= 0.3 is 0 Å². The van der Waals surface area contributed by atoms with Crippen LogP contribution in [-0.2, 0) is 6.54 Å². The first kappa shape index (κ1) is 17.3. The molecule has 27 heavy (non-hydrogen) atoms. The molecule has 3 aromatic rings. The number of rotatable bonds is 5. The van der Waals surface area contributed by atoms with E-state index in [4.69, 9.17) is 9.26 Å². The predicted molar refractivity (Wildman–Crippen MR) is 96.3 cm³/mol. The van der Waals surface area contributed by atoms with Crippen molar-refractivity contribution in [2.24, 2.45) is 0 Å². The monoisotopic (exact) mass is 367 g/mol. The lowest BCUT2D eigenvalue weighted by Gasteiger charge is -2.34. The van der Waals surface area contributed by atoms with Crippen LogP contribution >= 0.6 is 0 Å². The maximum Gasteiger partial charge on any atom is 0.259 e. The highest BCUT2D eigenvalue weighted by Crippen LogP contribution is 2.26. The Labute approximate surface area is 156 Å². The van der Waals surface area contributed by atoms with Crippen molar-refractivity contribution >= 4 is 5.91 Å². The van der Waals surface area contributed by atoms with Gasteiger partial charge in [-0.15, -0.1) is 0 Å². The van der Waals surface area contributed by atoms with E-state index in [1.54, 1.807) is 32.4 Å². The molecule has 8 heteroatoms. The summed E-state index contributed by atoms with van der Waals surface area (Å²) < 4.78 is 12.9. The second-order valence-corrected chi connectivity index (χ2v) is 6.63. The quantitative estimate of drug-likeness (QED) is 0.689. The van der Waals surface area contributed by atoms with Gasteiger partial charge in [0.25, 0.3) is 5.91 Å². The van der Waals surface area contributed by atoms with Gasteiger partial charge < -0.3 is 14.2 Å². The molecule has 1 aliphatic rings. The molecule has 0 N–H and O–H groups in total. The summed E-state index contributed by atoms with van der Waals surface area (Å²) in [7, 11) is 0. The Morgan fingerprint density at radius 3 is 2.96 bits per heavy atom. The van der Waals surface area contributed by atoms with E-state index < -0.39 is 0 Å². The van der Waals surface area contributed by atoms with E-state index in [2.05, 4.69) is 15.2 Å². The summed E-state index contributed by atoms with van der Waals surface area (Å²) in [5, 5.41) is 8.34. The second-order valence-electron chi connectivity index (χ2n) is 6.63. The summed E-state index contributed by atoms with van der Waals surface area (Å²) >= 11 is 0. The molecule has 0 saturated carbocycles. The number of hydrogen-bond donors (Lipinski definition) is 0. The van der Waals surface area contributed by atoms with Crippen LogP contribution in [0.5, 0.6) is 5.75 Å². The molecule has 1 atom stereocenters. The lowest BCUT2D eigenvalue weighted by Crippen LogP contribution is -2.42. The van der Waals surface area contributed by atoms with Crippen LogP contribution in [0.4, 0.5) is 0 Å². The zero-order valence-corrected chi connectivity index (χ0v) is 15.3. The molecule has 4 rings (SSSR count). The third kappa shape index (κ3) is 3.42. The van der Waals surface area contributed by atoms with E-state index in [-0.39, 0.29) is 11.9 Å². The van der Waals surface area contributed by atoms with Crippen LogP contribution in [0.1, 0.15) is 40.0 Å². The van der Waals surface area contributed by atoms with Gasteiger partial charge in [-0.1, -0.05) is 5.16 Å². The van der Waals surface area contributed by atoms with Crippen LogP contribution < -0.4 is 4.74 Å². The first-order valence-corrected chi connectivity index (χ1v) is 8.91. The number of carbonyl (C=O) groups is 1. The lowest BCUT2D eigenvalue weighted by molar-refractivity contribution is 0.0652. The number of ether oxygens (including phenoxy) is 1. The van der Waals surface area contributed by atoms with Crippen molar-refractivity contribution < 1.29 is 14.1 Å². The van der Waals surface area contributed by atoms with Crippen molar-refractivity contribution in [2.45, 2.75) is 32.9 Å². The topological polar surface area (TPSA) is 86.3 Å². The highest BCUT2D eigenvalue weighted by molar-refractivity contribution is 5.96. The van der Waals surface area contributed by atoms with E-state index >= 15 is 0 Å². The van der Waals surface area contributed by atoms with Crippen LogP contribution in [0.25, 0.3) is 0 Å². The van der Waals surface area contributed by atoms with Gasteiger partial charge in [0.2, 0.25) is 0 Å². The van der Waals surface area contributed by atoms with Crippen LogP contribution in [0.3, 0.4) is 0 Å². The minimum Gasteiger partial charge on any atom is -0.492 e. The van der Waals surface area contributed by atoms with Crippen molar-refractivity contribution in [1.29, 1.82) is 0 Å². The molecule has 140 valence electrons. The first-order valence-electron chi connectivity index (χ1n) is 8.91. The molecule has 1 amide bonds. The molecule has 0 aliphatic carbocycles. The van der Waals surface area contributed by atoms with Gasteiger partial charge in [0.1, 0.15) is 17.1 Å². The molecule has 0 fully saturated rings. The Morgan fingerprint density at radius 2 is 2.22 bits per heavy atom. The molecule has 8 nitrogen and oxygen atoms in total. The molecule has 0 unspecified atom stereocenters. The summed E-state index contributed by atoms with van der Waals surface area (Å²) in [6.07, 6.45) is 5.90. The molecule has 0 saturated heterocycles. The summed E-state index contributed by atoms with van der Waals surface area (Å²) in [5.41, 5.74) is 2.18. The molecular weight excluding hydrogens is 346 g/mol. The third-order valence-corrected chi connectivity index (χ3v) is 4.77. The minimum atomic E-state index is -0.0584. The zero-order chi connectivity index (χ0) is 18.8. The maximum atomic E-state index is 13.0. The maximum absolute atomic E-state index is 13.0. The summed E-state index contributed by atoms with van der Waals surface area (Å²) in [5.74, 6) is 1.22. The Kier molecular flexibility index (Phi) is 4.62. The zero-order valence-electron chi connectivity index (χ0n) is 15.3. The van der Waals surface area contributed by atoms with Crippen molar-refractivity contribution in [3.63, 3.8) is 0 Å². The highest BCUT2D eigenvalue weighted by atomic mass is 16.5. The van der Waals surface area contributed by atoms with E-state index in [0.29, 0.717) is 36.7 Å². The van der Waals surface area contributed by atoms with Crippen molar-refractivity contribution in [3.8, 4) is 5.75 Å². The fourth-order valence-electron chi connectivity index (χ4n) is 3.45. The number of amides is 1. The number of nitrogens with zero attached hydrogens (tertiary/aromatic N) is 5. The summed E-state index contributed by atoms with van der Waals surface area (Å²) in [4.78, 5) is 18.9. The SMILES string of the molecule is Cc1noc(C)c1C(=O)N1Cc2ccnn2[C@H](CCOc2cccnc2)C1. The average Bonchev–Trinajstić information content (AvgIpc) is 3.28. The van der Waals surface area contributed by atoms with E-state index in [1.807, 2.05) is 27.8 Å². The van der Waals surface area contributed by atoms with Gasteiger partial charge in [-0.25, -0.2) is 0 Å². The van der Waals surface area contributed by atoms with Gasteiger partial charge in [0, 0.05) is 25.4 Å². The second kappa shape index (κ2) is 7.22. The van der Waals surface area contributed by atoms with E-state index in [9.17, 15) is 4.79 Å². The Hall–Kier alpha value is -3.16. The van der Waals surface area contributed by atoms with E-state index in [1.165, 1.54) is 0 Å². The van der Waals surface area contributed by atoms with Gasteiger partial charge in [0.15, 0.2) is 0 Å².